The Balaban J connectivity index is 1.69. The van der Waals surface area contributed by atoms with Crippen molar-refractivity contribution in [1.29, 1.82) is 0 Å². The van der Waals surface area contributed by atoms with Crippen molar-refractivity contribution in [3.8, 4) is 0 Å². The molecule has 2 aliphatic rings. The van der Waals surface area contributed by atoms with E-state index < -0.39 is 23.9 Å². The Kier molecular flexibility index (Phi) is 5.83. The Morgan fingerprint density at radius 2 is 2.11 bits per heavy atom. The third-order valence-electron chi connectivity index (χ3n) is 5.78. The minimum atomic E-state index is -0.864. The van der Waals surface area contributed by atoms with Crippen LogP contribution in [0.2, 0.25) is 0 Å². The van der Waals surface area contributed by atoms with E-state index in [1.165, 1.54) is 16.0 Å². The Morgan fingerprint density at radius 3 is 2.74 bits per heavy atom. The second-order valence-corrected chi connectivity index (χ2v) is 7.53. The van der Waals surface area contributed by atoms with Crippen LogP contribution in [-0.4, -0.2) is 59.0 Å². The molecule has 0 bridgehead atoms. The first-order valence-corrected chi connectivity index (χ1v) is 9.61. The second-order valence-electron chi connectivity index (χ2n) is 7.53. The number of aryl methyl sites for hydroxylation is 1. The molecule has 2 saturated heterocycles. The number of carbonyl (C=O) groups excluding carboxylic acids is 2. The van der Waals surface area contributed by atoms with Crippen molar-refractivity contribution < 1.29 is 19.4 Å². The van der Waals surface area contributed by atoms with Gasteiger partial charge in [0.2, 0.25) is 5.91 Å². The monoisotopic (exact) mass is 375 g/mol. The summed E-state index contributed by atoms with van der Waals surface area (Å²) in [5.41, 5.74) is 1.59. The van der Waals surface area contributed by atoms with Gasteiger partial charge in [0.15, 0.2) is 0 Å². The lowest BCUT2D eigenvalue weighted by molar-refractivity contribution is -0.132. The second kappa shape index (κ2) is 7.96. The average molecular weight is 375 g/mol. The summed E-state index contributed by atoms with van der Waals surface area (Å²) in [5.74, 6) is -0.303. The van der Waals surface area contributed by atoms with Gasteiger partial charge >= 0.3 is 6.03 Å². The predicted molar refractivity (Wildman–Crippen MR) is 101 cm³/mol. The van der Waals surface area contributed by atoms with Crippen molar-refractivity contribution in [2.45, 2.75) is 64.0 Å². The van der Waals surface area contributed by atoms with E-state index in [1.807, 2.05) is 19.1 Å². The number of amides is 3. The van der Waals surface area contributed by atoms with Gasteiger partial charge < -0.3 is 15.2 Å². The van der Waals surface area contributed by atoms with Crippen molar-refractivity contribution in [2.24, 2.45) is 0 Å². The fourth-order valence-electron chi connectivity index (χ4n) is 3.81. The summed E-state index contributed by atoms with van der Waals surface area (Å²) in [4.78, 5) is 26.5. The number of carbonyl (C=O) groups is 2. The van der Waals surface area contributed by atoms with Gasteiger partial charge in [0.05, 0.1) is 18.8 Å². The Hall–Kier alpha value is -1.96. The summed E-state index contributed by atoms with van der Waals surface area (Å²) >= 11 is 0. The molecule has 1 aromatic carbocycles. The number of aliphatic hydroxyl groups is 1. The zero-order chi connectivity index (χ0) is 19.6. The van der Waals surface area contributed by atoms with E-state index >= 15 is 0 Å². The molecule has 27 heavy (non-hydrogen) atoms. The van der Waals surface area contributed by atoms with Crippen LogP contribution < -0.4 is 10.6 Å². The molecule has 0 spiro atoms. The smallest absolute Gasteiger partial charge is 0.326 e. The van der Waals surface area contributed by atoms with Crippen LogP contribution in [0.25, 0.3) is 0 Å². The number of benzene rings is 1. The predicted octanol–water partition coefficient (Wildman–Crippen LogP) is 1.32. The van der Waals surface area contributed by atoms with Gasteiger partial charge in [0.1, 0.15) is 11.8 Å². The normalized spacial score (nSPS) is 31.3. The van der Waals surface area contributed by atoms with Crippen LogP contribution >= 0.6 is 0 Å². The molecule has 1 aromatic rings. The van der Waals surface area contributed by atoms with Gasteiger partial charge in [0.25, 0.3) is 0 Å². The van der Waals surface area contributed by atoms with E-state index in [1.54, 1.807) is 6.92 Å². The number of ether oxygens (including phenoxy) is 1. The summed E-state index contributed by atoms with van der Waals surface area (Å²) in [6, 6.07) is 7.71. The van der Waals surface area contributed by atoms with Crippen LogP contribution in [-0.2, 0) is 16.0 Å². The third-order valence-corrected chi connectivity index (χ3v) is 5.78. The topological polar surface area (TPSA) is 90.9 Å². The first-order chi connectivity index (χ1) is 12.9. The highest BCUT2D eigenvalue weighted by Gasteiger charge is 2.48. The zero-order valence-corrected chi connectivity index (χ0v) is 16.2. The van der Waals surface area contributed by atoms with Crippen molar-refractivity contribution in [1.82, 2.24) is 15.5 Å². The Bertz CT molecular complexity index is 700. The number of urea groups is 1. The molecule has 7 nitrogen and oxygen atoms in total. The third kappa shape index (κ3) is 4.00. The molecule has 148 valence electrons. The number of rotatable bonds is 6. The van der Waals surface area contributed by atoms with Gasteiger partial charge in [-0.3, -0.25) is 15.0 Å². The van der Waals surface area contributed by atoms with Crippen LogP contribution in [0.5, 0.6) is 0 Å². The fourth-order valence-corrected chi connectivity index (χ4v) is 3.81. The number of imide groups is 1. The maximum absolute atomic E-state index is 12.6. The number of nitrogens with one attached hydrogen (secondary N) is 2. The Labute approximate surface area is 160 Å². The van der Waals surface area contributed by atoms with E-state index in [9.17, 15) is 14.7 Å². The summed E-state index contributed by atoms with van der Waals surface area (Å²) in [6.45, 7) is 6.64. The van der Waals surface area contributed by atoms with Gasteiger partial charge in [-0.2, -0.15) is 0 Å². The van der Waals surface area contributed by atoms with Crippen LogP contribution in [0.3, 0.4) is 0 Å². The highest BCUT2D eigenvalue weighted by atomic mass is 16.5. The molecule has 2 aliphatic heterocycles. The lowest BCUT2D eigenvalue weighted by atomic mass is 9.91. The highest BCUT2D eigenvalue weighted by molar-refractivity contribution is 6.02. The number of hydrogen-bond donors (Lipinski definition) is 3. The maximum Gasteiger partial charge on any atom is 0.326 e. The SMILES string of the molecule is CCC1(NCCc2ccccc2C)CN([C@H]2C[C@H](O)[C@@H](C)O2)C(=O)NC1=O. The molecule has 0 saturated carbocycles. The van der Waals surface area contributed by atoms with E-state index in [0.717, 1.165) is 6.42 Å². The number of aliphatic hydroxyl groups excluding tert-OH is 1. The standard InChI is InChI=1S/C20H29N3O4/c1-4-20(21-10-9-15-8-6-5-7-13(15)2)12-23(19(26)22-18(20)25)17-11-16(24)14(3)27-17/h5-8,14,16-17,21,24H,4,9-12H2,1-3H3,(H,22,25,26)/t14-,16+,17-,20?/m1/s1. The van der Waals surface area contributed by atoms with Crippen LogP contribution in [0.15, 0.2) is 24.3 Å². The molecule has 3 N–H and O–H groups in total. The minimum Gasteiger partial charge on any atom is -0.390 e. The van der Waals surface area contributed by atoms with Gasteiger partial charge in [0, 0.05) is 13.0 Å². The quantitative estimate of drug-likeness (QED) is 0.698. The van der Waals surface area contributed by atoms with Crippen LogP contribution in [0.4, 0.5) is 4.79 Å². The van der Waals surface area contributed by atoms with Gasteiger partial charge in [-0.05, 0) is 37.8 Å². The molecule has 2 heterocycles. The molecule has 0 aliphatic carbocycles. The number of hydrogen-bond acceptors (Lipinski definition) is 5. The molecule has 3 rings (SSSR count). The first-order valence-electron chi connectivity index (χ1n) is 9.61. The highest BCUT2D eigenvalue weighted by Crippen LogP contribution is 2.27. The van der Waals surface area contributed by atoms with Gasteiger partial charge in [-0.1, -0.05) is 31.2 Å². The van der Waals surface area contributed by atoms with Crippen molar-refractivity contribution in [3.05, 3.63) is 35.4 Å². The molecular formula is C20H29N3O4. The molecule has 3 amide bonds. The summed E-state index contributed by atoms with van der Waals surface area (Å²) < 4.78 is 5.72. The molecule has 0 aromatic heterocycles. The van der Waals surface area contributed by atoms with Crippen LogP contribution in [0.1, 0.15) is 37.8 Å². The molecule has 2 fully saturated rings. The minimum absolute atomic E-state index is 0.228. The largest absolute Gasteiger partial charge is 0.390 e. The molecule has 1 unspecified atom stereocenters. The van der Waals surface area contributed by atoms with E-state index in [0.29, 0.717) is 19.4 Å². The van der Waals surface area contributed by atoms with Crippen molar-refractivity contribution in [2.75, 3.05) is 13.1 Å². The fraction of sp³-hybridized carbons (Fsp3) is 0.600. The summed E-state index contributed by atoms with van der Waals surface area (Å²) in [5, 5.41) is 15.8. The van der Waals surface area contributed by atoms with Crippen molar-refractivity contribution in [3.63, 3.8) is 0 Å². The van der Waals surface area contributed by atoms with Gasteiger partial charge in [-0.25, -0.2) is 4.79 Å². The summed E-state index contributed by atoms with van der Waals surface area (Å²) in [7, 11) is 0. The van der Waals surface area contributed by atoms with Crippen molar-refractivity contribution >= 4 is 11.9 Å². The zero-order valence-electron chi connectivity index (χ0n) is 16.2. The van der Waals surface area contributed by atoms with Crippen LogP contribution in [0, 0.1) is 6.92 Å². The molecular weight excluding hydrogens is 346 g/mol. The van der Waals surface area contributed by atoms with E-state index in [2.05, 4.69) is 29.7 Å². The number of nitrogens with zero attached hydrogens (tertiary/aromatic N) is 1. The first kappa shape index (κ1) is 19.8. The average Bonchev–Trinajstić information content (AvgIpc) is 2.97. The van der Waals surface area contributed by atoms with E-state index in [4.69, 9.17) is 4.74 Å². The Morgan fingerprint density at radius 1 is 1.37 bits per heavy atom. The molecule has 7 heteroatoms. The van der Waals surface area contributed by atoms with Gasteiger partial charge in [-0.15, -0.1) is 0 Å². The maximum atomic E-state index is 12.6. The van der Waals surface area contributed by atoms with E-state index in [-0.39, 0.29) is 18.6 Å². The lowest BCUT2D eigenvalue weighted by Gasteiger charge is -2.43. The molecule has 0 radical (unpaired) electrons. The summed E-state index contributed by atoms with van der Waals surface area (Å²) in [6.07, 6.45) is 0.237. The lowest BCUT2D eigenvalue weighted by Crippen LogP contribution is -2.71. The molecule has 4 atom stereocenters.